The Bertz CT molecular complexity index is 1000. The van der Waals surface area contributed by atoms with Crippen LogP contribution in [0.3, 0.4) is 0 Å². The quantitative estimate of drug-likeness (QED) is 0.380. The molecule has 1 aliphatic heterocycles. The second-order valence-electron chi connectivity index (χ2n) is 13.7. The summed E-state index contributed by atoms with van der Waals surface area (Å²) in [5.74, 6) is -1.08. The number of rotatable bonds is 4. The standard InChI is InChI=1S/C30H44O6/c1-16(2)18-7-10-30(26(34)35)12-11-27(4)20(24(18)30)13-21-25-28(27,5)9-8-19(17(3)15-31)29(25,6)22(32)14-23(33)36-21/h18-22,24-25,31-32H,1,3,7-15H2,2,4-6H3,(H,34,35). The van der Waals surface area contributed by atoms with Gasteiger partial charge in [-0.15, -0.1) is 0 Å². The number of hydrogen-bond donors (Lipinski definition) is 3. The maximum Gasteiger partial charge on any atom is 0.309 e. The second kappa shape index (κ2) is 8.17. The Kier molecular flexibility index (Phi) is 5.89. The molecule has 11 atom stereocenters. The summed E-state index contributed by atoms with van der Waals surface area (Å²) >= 11 is 0. The maximum absolute atomic E-state index is 13.0. The number of aliphatic hydroxyl groups is 2. The summed E-state index contributed by atoms with van der Waals surface area (Å²) in [5.41, 5.74) is -0.0790. The molecular weight excluding hydrogens is 456 g/mol. The molecule has 5 rings (SSSR count). The van der Waals surface area contributed by atoms with Crippen LogP contribution >= 0.6 is 0 Å². The van der Waals surface area contributed by atoms with Crippen LogP contribution in [-0.4, -0.2) is 46.1 Å². The predicted octanol–water partition coefficient (Wildman–Crippen LogP) is 4.74. The molecule has 6 heteroatoms. The zero-order valence-electron chi connectivity index (χ0n) is 22.4. The van der Waals surface area contributed by atoms with E-state index in [0.717, 1.165) is 31.3 Å². The molecule has 4 aliphatic carbocycles. The highest BCUT2D eigenvalue weighted by atomic mass is 16.5. The van der Waals surface area contributed by atoms with E-state index in [0.29, 0.717) is 24.8 Å². The number of allylic oxidation sites excluding steroid dienone is 1. The molecule has 36 heavy (non-hydrogen) atoms. The van der Waals surface area contributed by atoms with Gasteiger partial charge in [-0.3, -0.25) is 9.59 Å². The molecule has 5 fully saturated rings. The average Bonchev–Trinajstić information content (AvgIpc) is 3.17. The van der Waals surface area contributed by atoms with Crippen LogP contribution in [0.15, 0.2) is 24.3 Å². The third-order valence-corrected chi connectivity index (χ3v) is 12.7. The van der Waals surface area contributed by atoms with Crippen molar-refractivity contribution in [3.05, 3.63) is 24.3 Å². The molecule has 4 saturated carbocycles. The largest absolute Gasteiger partial charge is 0.481 e. The minimum Gasteiger partial charge on any atom is -0.481 e. The van der Waals surface area contributed by atoms with Gasteiger partial charge in [0.15, 0.2) is 0 Å². The number of fused-ring (bicyclic) bond motifs is 4. The third-order valence-electron chi connectivity index (χ3n) is 12.7. The first-order valence-corrected chi connectivity index (χ1v) is 13.8. The fourth-order valence-corrected chi connectivity index (χ4v) is 10.7. The molecule has 0 amide bonds. The molecule has 0 radical (unpaired) electrons. The first-order chi connectivity index (χ1) is 16.8. The van der Waals surface area contributed by atoms with Crippen molar-refractivity contribution in [3.63, 3.8) is 0 Å². The second-order valence-corrected chi connectivity index (χ2v) is 13.7. The molecule has 5 aliphatic rings. The number of carbonyl (C=O) groups is 2. The number of carboxylic acids is 1. The lowest BCUT2D eigenvalue weighted by Gasteiger charge is -2.71. The Labute approximate surface area is 215 Å². The summed E-state index contributed by atoms with van der Waals surface area (Å²) in [7, 11) is 0. The molecule has 0 aromatic heterocycles. The van der Waals surface area contributed by atoms with E-state index in [-0.39, 0.29) is 59.4 Å². The van der Waals surface area contributed by atoms with Crippen molar-refractivity contribution in [2.24, 2.45) is 51.2 Å². The van der Waals surface area contributed by atoms with Crippen LogP contribution in [0.1, 0.15) is 79.1 Å². The highest BCUT2D eigenvalue weighted by Gasteiger charge is 2.74. The van der Waals surface area contributed by atoms with Crippen molar-refractivity contribution in [1.29, 1.82) is 0 Å². The molecule has 0 aromatic carbocycles. The Morgan fingerprint density at radius 3 is 2.39 bits per heavy atom. The Hall–Kier alpha value is -1.66. The van der Waals surface area contributed by atoms with E-state index in [2.05, 4.69) is 33.9 Å². The molecule has 6 nitrogen and oxygen atoms in total. The summed E-state index contributed by atoms with van der Waals surface area (Å²) in [5, 5.41) is 32.1. The van der Waals surface area contributed by atoms with Crippen molar-refractivity contribution in [2.75, 3.05) is 6.61 Å². The van der Waals surface area contributed by atoms with E-state index in [1.807, 2.05) is 6.92 Å². The van der Waals surface area contributed by atoms with Crippen LogP contribution in [0.2, 0.25) is 0 Å². The smallest absolute Gasteiger partial charge is 0.309 e. The molecule has 200 valence electrons. The van der Waals surface area contributed by atoms with Gasteiger partial charge in [-0.25, -0.2) is 0 Å². The van der Waals surface area contributed by atoms with Crippen molar-refractivity contribution < 1.29 is 29.6 Å². The fraction of sp³-hybridized carbons (Fsp3) is 0.800. The van der Waals surface area contributed by atoms with Gasteiger partial charge < -0.3 is 20.1 Å². The van der Waals surface area contributed by atoms with Crippen LogP contribution in [-0.2, 0) is 14.3 Å². The molecule has 1 saturated heterocycles. The predicted molar refractivity (Wildman–Crippen MR) is 136 cm³/mol. The number of ether oxygens (including phenoxy) is 1. The summed E-state index contributed by atoms with van der Waals surface area (Å²) in [4.78, 5) is 25.8. The van der Waals surface area contributed by atoms with Gasteiger partial charge in [-0.2, -0.15) is 0 Å². The number of esters is 1. The molecule has 11 unspecified atom stereocenters. The van der Waals surface area contributed by atoms with Crippen LogP contribution in [0.5, 0.6) is 0 Å². The lowest BCUT2D eigenvalue weighted by Crippen LogP contribution is -2.69. The molecular formula is C30H44O6. The molecule has 3 N–H and O–H groups in total. The number of carbonyl (C=O) groups excluding carboxylic acids is 1. The van der Waals surface area contributed by atoms with Crippen molar-refractivity contribution >= 4 is 11.9 Å². The SMILES string of the molecule is C=C(C)C1CCC2(C(=O)O)CCC3(C)C(CC4OC(=O)CC(O)C5(C)C(C(=C)CO)CCC3(C)C45)C12. The van der Waals surface area contributed by atoms with Gasteiger partial charge in [0.1, 0.15) is 6.10 Å². The molecule has 1 heterocycles. The van der Waals surface area contributed by atoms with E-state index in [1.54, 1.807) is 0 Å². The maximum atomic E-state index is 13.0. The van der Waals surface area contributed by atoms with Crippen molar-refractivity contribution in [3.8, 4) is 0 Å². The molecule has 0 bridgehead atoms. The normalized spacial score (nSPS) is 51.7. The van der Waals surface area contributed by atoms with E-state index in [9.17, 15) is 24.9 Å². The minimum atomic E-state index is -0.885. The minimum absolute atomic E-state index is 0.0349. The zero-order valence-corrected chi connectivity index (χ0v) is 22.4. The van der Waals surface area contributed by atoms with Crippen LogP contribution in [0.25, 0.3) is 0 Å². The van der Waals surface area contributed by atoms with Gasteiger partial charge >= 0.3 is 11.9 Å². The number of aliphatic hydroxyl groups excluding tert-OH is 2. The Balaban J connectivity index is 1.69. The highest BCUT2D eigenvalue weighted by molar-refractivity contribution is 5.76. The van der Waals surface area contributed by atoms with Gasteiger partial charge in [-0.1, -0.05) is 39.5 Å². The van der Waals surface area contributed by atoms with Crippen molar-refractivity contribution in [1.82, 2.24) is 0 Å². The van der Waals surface area contributed by atoms with E-state index < -0.39 is 29.0 Å². The van der Waals surface area contributed by atoms with E-state index >= 15 is 0 Å². The highest BCUT2D eigenvalue weighted by Crippen LogP contribution is 2.76. The third kappa shape index (κ3) is 3.03. The first kappa shape index (κ1) is 26.0. The van der Waals surface area contributed by atoms with Crippen LogP contribution in [0.4, 0.5) is 0 Å². The van der Waals surface area contributed by atoms with Crippen LogP contribution < -0.4 is 0 Å². The van der Waals surface area contributed by atoms with Gasteiger partial charge in [0.05, 0.1) is 24.5 Å². The number of hydrogen-bond acceptors (Lipinski definition) is 5. The van der Waals surface area contributed by atoms with Gasteiger partial charge in [0, 0.05) is 11.3 Å². The van der Waals surface area contributed by atoms with Gasteiger partial charge in [0.2, 0.25) is 0 Å². The molecule has 0 aromatic rings. The summed E-state index contributed by atoms with van der Waals surface area (Å²) in [6.07, 6.45) is 3.92. The Morgan fingerprint density at radius 1 is 1.08 bits per heavy atom. The number of aliphatic carboxylic acids is 1. The topological polar surface area (TPSA) is 104 Å². The zero-order chi connectivity index (χ0) is 26.4. The summed E-state index contributed by atoms with van der Waals surface area (Å²) < 4.78 is 6.18. The van der Waals surface area contributed by atoms with E-state index in [4.69, 9.17) is 4.74 Å². The van der Waals surface area contributed by atoms with Crippen LogP contribution in [0, 0.1) is 51.2 Å². The monoisotopic (exact) mass is 500 g/mol. The van der Waals surface area contributed by atoms with E-state index in [1.165, 1.54) is 0 Å². The number of carboxylic acid groups (broad SMARTS) is 1. The lowest BCUT2D eigenvalue weighted by atomic mass is 9.33. The summed E-state index contributed by atoms with van der Waals surface area (Å²) in [6.45, 7) is 17.1. The lowest BCUT2D eigenvalue weighted by molar-refractivity contribution is -0.260. The summed E-state index contributed by atoms with van der Waals surface area (Å²) in [6, 6.07) is 0. The van der Waals surface area contributed by atoms with Gasteiger partial charge in [-0.05, 0) is 91.9 Å². The fourth-order valence-electron chi connectivity index (χ4n) is 10.7. The van der Waals surface area contributed by atoms with Gasteiger partial charge in [0.25, 0.3) is 0 Å². The first-order valence-electron chi connectivity index (χ1n) is 13.8. The molecule has 0 spiro atoms. The van der Waals surface area contributed by atoms with Crippen molar-refractivity contribution in [2.45, 2.75) is 91.3 Å². The average molecular weight is 501 g/mol. The Morgan fingerprint density at radius 2 is 1.78 bits per heavy atom.